The van der Waals surface area contributed by atoms with Gasteiger partial charge in [-0.3, -0.25) is 0 Å². The first-order valence-electron chi connectivity index (χ1n) is 2.95. The third-order valence-corrected chi connectivity index (χ3v) is 2.20. The smallest absolute Gasteiger partial charge is 0.0915 e. The molecule has 1 rings (SSSR count). The highest BCUT2D eigenvalue weighted by Gasteiger charge is 1.92. The molecule has 0 aliphatic rings. The molecule has 0 atom stereocenters. The van der Waals surface area contributed by atoms with Crippen LogP contribution in [0.1, 0.15) is 11.8 Å². The largest absolute Gasteiger partial charge is 0.193 e. The Labute approximate surface area is 64.2 Å². The van der Waals surface area contributed by atoms with Crippen LogP contribution in [-0.4, -0.2) is 0 Å². The molecule has 1 nitrogen and oxygen atoms in total. The number of rotatable bonds is 1. The Balaban J connectivity index is 2.90. The summed E-state index contributed by atoms with van der Waals surface area (Å²) in [7, 11) is 0. The summed E-state index contributed by atoms with van der Waals surface area (Å²) in [6.07, 6.45) is 1.56. The molecule has 2 heteroatoms. The van der Waals surface area contributed by atoms with Crippen LogP contribution < -0.4 is 0 Å². The Bertz CT molecular complexity index is 264. The molecule has 0 aromatic carbocycles. The fraction of sp³-hybridized carbons (Fsp3) is 0.125. The van der Waals surface area contributed by atoms with Crippen LogP contribution in [0, 0.1) is 11.3 Å². The Morgan fingerprint density at radius 1 is 1.80 bits per heavy atom. The van der Waals surface area contributed by atoms with Gasteiger partial charge in [-0.25, -0.2) is 0 Å². The van der Waals surface area contributed by atoms with Crippen molar-refractivity contribution >= 4 is 16.9 Å². The topological polar surface area (TPSA) is 23.8 Å². The first kappa shape index (κ1) is 7.04. The highest BCUT2D eigenvalue weighted by molar-refractivity contribution is 7.11. The fourth-order valence-corrected chi connectivity index (χ4v) is 1.38. The molecule has 0 saturated heterocycles. The van der Waals surface area contributed by atoms with Crippen LogP contribution >= 0.6 is 11.3 Å². The zero-order valence-corrected chi connectivity index (χ0v) is 6.48. The van der Waals surface area contributed by atoms with Crippen molar-refractivity contribution < 1.29 is 0 Å². The molecule has 0 radical (unpaired) electrons. The summed E-state index contributed by atoms with van der Waals surface area (Å²) in [5.41, 5.74) is 1.04. The van der Waals surface area contributed by atoms with E-state index in [1.165, 1.54) is 4.88 Å². The van der Waals surface area contributed by atoms with Crippen LogP contribution in [0.2, 0.25) is 0 Å². The van der Waals surface area contributed by atoms with Crippen LogP contribution in [0.5, 0.6) is 0 Å². The molecule has 1 aromatic heterocycles. The molecule has 0 amide bonds. The molecule has 10 heavy (non-hydrogen) atoms. The van der Waals surface area contributed by atoms with Gasteiger partial charge in [0, 0.05) is 11.0 Å². The molecule has 1 heterocycles. The number of nitrogens with zero attached hydrogens (tertiary/aromatic N) is 1. The van der Waals surface area contributed by atoms with Gasteiger partial charge in [-0.15, -0.1) is 11.3 Å². The average Bonchev–Trinajstić information content (AvgIpc) is 2.38. The summed E-state index contributed by atoms with van der Waals surface area (Å²) < 4.78 is 0. The lowest BCUT2D eigenvalue weighted by molar-refractivity contribution is 1.53. The Morgan fingerprint density at radius 3 is 3.10 bits per heavy atom. The second-order valence-corrected chi connectivity index (χ2v) is 2.88. The molecular weight excluding hydrogens is 142 g/mol. The molecule has 0 aliphatic heterocycles. The summed E-state index contributed by atoms with van der Waals surface area (Å²) in [5, 5.41) is 10.3. The lowest BCUT2D eigenvalue weighted by Crippen LogP contribution is -1.67. The summed E-state index contributed by atoms with van der Waals surface area (Å²) in [6.45, 7) is 1.94. The zero-order chi connectivity index (χ0) is 7.40. The summed E-state index contributed by atoms with van der Waals surface area (Å²) in [4.78, 5) is 1.17. The minimum Gasteiger partial charge on any atom is -0.193 e. The number of allylic oxidation sites excluding steroid dienone is 2. The predicted molar refractivity (Wildman–Crippen MR) is 43.6 cm³/mol. The van der Waals surface area contributed by atoms with Gasteiger partial charge >= 0.3 is 0 Å². The van der Waals surface area contributed by atoms with Crippen LogP contribution in [0.15, 0.2) is 23.6 Å². The Morgan fingerprint density at radius 2 is 2.60 bits per heavy atom. The minimum absolute atomic E-state index is 1.04. The molecule has 0 spiro atoms. The van der Waals surface area contributed by atoms with Crippen molar-refractivity contribution in [3.8, 4) is 6.07 Å². The summed E-state index contributed by atoms with van der Waals surface area (Å²) in [5.74, 6) is 0. The van der Waals surface area contributed by atoms with E-state index in [0.717, 1.165) is 5.57 Å². The van der Waals surface area contributed by atoms with Gasteiger partial charge in [0.05, 0.1) is 6.07 Å². The maximum Gasteiger partial charge on any atom is 0.0915 e. The fourth-order valence-electron chi connectivity index (χ4n) is 0.671. The van der Waals surface area contributed by atoms with Crippen molar-refractivity contribution in [1.29, 1.82) is 5.26 Å². The quantitative estimate of drug-likeness (QED) is 0.563. The minimum atomic E-state index is 1.04. The van der Waals surface area contributed by atoms with Crippen LogP contribution in [0.3, 0.4) is 0 Å². The van der Waals surface area contributed by atoms with Crippen molar-refractivity contribution in [3.63, 3.8) is 0 Å². The van der Waals surface area contributed by atoms with Crippen molar-refractivity contribution in [2.75, 3.05) is 0 Å². The van der Waals surface area contributed by atoms with E-state index in [2.05, 4.69) is 0 Å². The van der Waals surface area contributed by atoms with Gasteiger partial charge in [-0.05, 0) is 23.9 Å². The van der Waals surface area contributed by atoms with Gasteiger partial charge in [0.2, 0.25) is 0 Å². The van der Waals surface area contributed by atoms with E-state index in [-0.39, 0.29) is 0 Å². The van der Waals surface area contributed by atoms with Crippen molar-refractivity contribution in [2.24, 2.45) is 0 Å². The zero-order valence-electron chi connectivity index (χ0n) is 5.66. The van der Waals surface area contributed by atoms with Gasteiger partial charge < -0.3 is 0 Å². The molecule has 0 fully saturated rings. The maximum absolute atomic E-state index is 8.31. The molecule has 0 saturated carbocycles. The number of hydrogen-bond acceptors (Lipinski definition) is 2. The molecular formula is C8H7NS. The van der Waals surface area contributed by atoms with E-state index in [1.807, 2.05) is 30.5 Å². The third kappa shape index (κ3) is 1.46. The van der Waals surface area contributed by atoms with E-state index in [4.69, 9.17) is 5.26 Å². The predicted octanol–water partition coefficient (Wildman–Crippen LogP) is 2.67. The maximum atomic E-state index is 8.31. The number of hydrogen-bond donors (Lipinski definition) is 0. The molecule has 50 valence electrons. The van der Waals surface area contributed by atoms with Crippen LogP contribution in [0.25, 0.3) is 5.57 Å². The molecule has 0 aliphatic carbocycles. The SMILES string of the molecule is C/C(=C/C#N)c1cccs1. The summed E-state index contributed by atoms with van der Waals surface area (Å²) >= 11 is 1.65. The van der Waals surface area contributed by atoms with Gasteiger partial charge in [0.15, 0.2) is 0 Å². The second kappa shape index (κ2) is 3.19. The normalized spacial score (nSPS) is 11.0. The third-order valence-electron chi connectivity index (χ3n) is 1.19. The molecule has 0 bridgehead atoms. The molecule has 1 aromatic rings. The van der Waals surface area contributed by atoms with E-state index in [9.17, 15) is 0 Å². The average molecular weight is 149 g/mol. The van der Waals surface area contributed by atoms with E-state index >= 15 is 0 Å². The van der Waals surface area contributed by atoms with Crippen LogP contribution in [-0.2, 0) is 0 Å². The van der Waals surface area contributed by atoms with Crippen molar-refractivity contribution in [1.82, 2.24) is 0 Å². The Kier molecular flexibility index (Phi) is 2.24. The Hall–Kier alpha value is -1.07. The van der Waals surface area contributed by atoms with Gasteiger partial charge in [0.25, 0.3) is 0 Å². The summed E-state index contributed by atoms with van der Waals surface area (Å²) in [6, 6.07) is 5.99. The van der Waals surface area contributed by atoms with Gasteiger partial charge in [0.1, 0.15) is 0 Å². The molecule has 0 unspecified atom stereocenters. The van der Waals surface area contributed by atoms with Crippen molar-refractivity contribution in [2.45, 2.75) is 6.92 Å². The number of thiophene rings is 1. The van der Waals surface area contributed by atoms with E-state index in [0.29, 0.717) is 0 Å². The number of nitriles is 1. The van der Waals surface area contributed by atoms with Crippen LogP contribution in [0.4, 0.5) is 0 Å². The molecule has 0 N–H and O–H groups in total. The second-order valence-electron chi connectivity index (χ2n) is 1.93. The highest BCUT2D eigenvalue weighted by Crippen LogP contribution is 2.18. The lowest BCUT2D eigenvalue weighted by Gasteiger charge is -1.89. The lowest BCUT2D eigenvalue weighted by atomic mass is 10.2. The van der Waals surface area contributed by atoms with Gasteiger partial charge in [-0.2, -0.15) is 5.26 Å². The first-order chi connectivity index (χ1) is 4.84. The van der Waals surface area contributed by atoms with E-state index < -0.39 is 0 Å². The standard InChI is InChI=1S/C8H7NS/c1-7(4-5-9)8-3-2-6-10-8/h2-4,6H,1H3/b7-4-. The van der Waals surface area contributed by atoms with E-state index in [1.54, 1.807) is 17.4 Å². The van der Waals surface area contributed by atoms with Crippen molar-refractivity contribution in [3.05, 3.63) is 28.5 Å². The highest BCUT2D eigenvalue weighted by atomic mass is 32.1. The van der Waals surface area contributed by atoms with Gasteiger partial charge in [-0.1, -0.05) is 6.07 Å². The monoisotopic (exact) mass is 149 g/mol. The first-order valence-corrected chi connectivity index (χ1v) is 3.83.